The van der Waals surface area contributed by atoms with Gasteiger partial charge in [-0.1, -0.05) is 25.5 Å². The maximum atomic E-state index is 12.6. The highest BCUT2D eigenvalue weighted by Gasteiger charge is 2.43. The van der Waals surface area contributed by atoms with Crippen molar-refractivity contribution in [2.75, 3.05) is 25.6 Å². The SMILES string of the molecule is CCNCc1cccc(NC(=O)C2(CCOC)CCC2)c1. The zero-order valence-corrected chi connectivity index (χ0v) is 13.1. The van der Waals surface area contributed by atoms with Gasteiger partial charge in [-0.3, -0.25) is 4.79 Å². The van der Waals surface area contributed by atoms with E-state index < -0.39 is 0 Å². The Balaban J connectivity index is 1.98. The third kappa shape index (κ3) is 4.05. The van der Waals surface area contributed by atoms with E-state index >= 15 is 0 Å². The molecule has 0 spiro atoms. The van der Waals surface area contributed by atoms with Crippen molar-refractivity contribution in [2.24, 2.45) is 5.41 Å². The van der Waals surface area contributed by atoms with E-state index in [2.05, 4.69) is 23.6 Å². The van der Waals surface area contributed by atoms with Crippen molar-refractivity contribution < 1.29 is 9.53 Å². The molecule has 1 saturated carbocycles. The quantitative estimate of drug-likeness (QED) is 0.774. The molecule has 21 heavy (non-hydrogen) atoms. The fourth-order valence-electron chi connectivity index (χ4n) is 2.78. The van der Waals surface area contributed by atoms with E-state index in [9.17, 15) is 4.79 Å². The van der Waals surface area contributed by atoms with E-state index in [4.69, 9.17) is 4.74 Å². The van der Waals surface area contributed by atoms with Gasteiger partial charge in [0.15, 0.2) is 0 Å². The minimum atomic E-state index is -0.215. The number of carbonyl (C=O) groups excluding carboxylic acids is 1. The van der Waals surface area contributed by atoms with Gasteiger partial charge in [0.1, 0.15) is 0 Å². The highest BCUT2D eigenvalue weighted by Crippen LogP contribution is 2.44. The number of anilines is 1. The molecule has 116 valence electrons. The summed E-state index contributed by atoms with van der Waals surface area (Å²) >= 11 is 0. The van der Waals surface area contributed by atoms with Crippen LogP contribution in [0.25, 0.3) is 0 Å². The number of methoxy groups -OCH3 is 1. The molecule has 0 heterocycles. The molecule has 0 unspecified atom stereocenters. The standard InChI is InChI=1S/C17H26N2O2/c1-3-18-13-14-6-4-7-15(12-14)19-16(20)17(8-5-9-17)10-11-21-2/h4,6-7,12,18H,3,5,8-11,13H2,1-2H3,(H,19,20). The smallest absolute Gasteiger partial charge is 0.230 e. The van der Waals surface area contributed by atoms with E-state index in [0.717, 1.165) is 44.5 Å². The number of amides is 1. The van der Waals surface area contributed by atoms with Crippen molar-refractivity contribution in [3.05, 3.63) is 29.8 Å². The second-order valence-electron chi connectivity index (χ2n) is 5.81. The Kier molecular flexibility index (Phi) is 5.76. The Morgan fingerprint density at radius 1 is 1.38 bits per heavy atom. The molecule has 4 nitrogen and oxygen atoms in total. The van der Waals surface area contributed by atoms with Crippen LogP contribution in [0.4, 0.5) is 5.69 Å². The van der Waals surface area contributed by atoms with Crippen LogP contribution < -0.4 is 10.6 Å². The summed E-state index contributed by atoms with van der Waals surface area (Å²) < 4.78 is 5.15. The van der Waals surface area contributed by atoms with Gasteiger partial charge in [-0.2, -0.15) is 0 Å². The predicted molar refractivity (Wildman–Crippen MR) is 85.2 cm³/mol. The van der Waals surface area contributed by atoms with Crippen molar-refractivity contribution in [2.45, 2.75) is 39.2 Å². The highest BCUT2D eigenvalue weighted by molar-refractivity contribution is 5.96. The topological polar surface area (TPSA) is 50.4 Å². The van der Waals surface area contributed by atoms with Crippen LogP contribution in [0, 0.1) is 5.41 Å². The number of hydrogen-bond acceptors (Lipinski definition) is 3. The lowest BCUT2D eigenvalue weighted by Crippen LogP contribution is -2.42. The molecule has 2 rings (SSSR count). The van der Waals surface area contributed by atoms with Crippen molar-refractivity contribution in [3.8, 4) is 0 Å². The molecule has 0 atom stereocenters. The molecular formula is C17H26N2O2. The summed E-state index contributed by atoms with van der Waals surface area (Å²) in [5.41, 5.74) is 1.86. The molecule has 0 bridgehead atoms. The minimum Gasteiger partial charge on any atom is -0.385 e. The van der Waals surface area contributed by atoms with E-state index in [0.29, 0.717) is 6.61 Å². The lowest BCUT2D eigenvalue weighted by molar-refractivity contribution is -0.131. The third-order valence-electron chi connectivity index (χ3n) is 4.34. The van der Waals surface area contributed by atoms with E-state index in [1.165, 1.54) is 5.56 Å². The van der Waals surface area contributed by atoms with Crippen LogP contribution in [0.5, 0.6) is 0 Å². The molecule has 1 aliphatic rings. The van der Waals surface area contributed by atoms with Gasteiger partial charge in [0, 0.05) is 25.9 Å². The fourth-order valence-corrected chi connectivity index (χ4v) is 2.78. The maximum Gasteiger partial charge on any atom is 0.230 e. The first-order chi connectivity index (χ1) is 10.2. The number of rotatable bonds is 8. The van der Waals surface area contributed by atoms with E-state index in [1.807, 2.05) is 18.2 Å². The second-order valence-corrected chi connectivity index (χ2v) is 5.81. The van der Waals surface area contributed by atoms with E-state index in [1.54, 1.807) is 7.11 Å². The van der Waals surface area contributed by atoms with Gasteiger partial charge in [-0.05, 0) is 43.5 Å². The third-order valence-corrected chi connectivity index (χ3v) is 4.34. The van der Waals surface area contributed by atoms with Gasteiger partial charge in [-0.25, -0.2) is 0 Å². The van der Waals surface area contributed by atoms with E-state index in [-0.39, 0.29) is 11.3 Å². The number of carbonyl (C=O) groups is 1. The number of ether oxygens (including phenoxy) is 1. The molecule has 0 saturated heterocycles. The summed E-state index contributed by atoms with van der Waals surface area (Å²) in [5.74, 6) is 0.145. The van der Waals surface area contributed by atoms with Crippen LogP contribution in [0.15, 0.2) is 24.3 Å². The molecule has 0 radical (unpaired) electrons. The number of nitrogens with one attached hydrogen (secondary N) is 2. The molecule has 0 aliphatic heterocycles. The lowest BCUT2D eigenvalue weighted by atomic mass is 9.66. The van der Waals surface area contributed by atoms with Crippen LogP contribution >= 0.6 is 0 Å². The molecular weight excluding hydrogens is 264 g/mol. The van der Waals surface area contributed by atoms with Gasteiger partial charge in [0.25, 0.3) is 0 Å². The molecule has 1 aliphatic carbocycles. The van der Waals surface area contributed by atoms with Gasteiger partial charge < -0.3 is 15.4 Å². The van der Waals surface area contributed by atoms with Crippen molar-refractivity contribution in [1.82, 2.24) is 5.32 Å². The summed E-state index contributed by atoms with van der Waals surface area (Å²) in [4.78, 5) is 12.6. The number of benzene rings is 1. The Labute approximate surface area is 127 Å². The van der Waals surface area contributed by atoms with Crippen LogP contribution in [-0.4, -0.2) is 26.2 Å². The Morgan fingerprint density at radius 3 is 2.81 bits per heavy atom. The first-order valence-electron chi connectivity index (χ1n) is 7.80. The molecule has 2 N–H and O–H groups in total. The van der Waals surface area contributed by atoms with Crippen LogP contribution in [-0.2, 0) is 16.1 Å². The summed E-state index contributed by atoms with van der Waals surface area (Å²) in [5, 5.41) is 6.38. The van der Waals surface area contributed by atoms with Crippen LogP contribution in [0.2, 0.25) is 0 Å². The monoisotopic (exact) mass is 290 g/mol. The molecule has 0 aromatic heterocycles. The zero-order valence-electron chi connectivity index (χ0n) is 13.1. The van der Waals surface area contributed by atoms with Crippen molar-refractivity contribution >= 4 is 11.6 Å². The molecule has 1 aromatic carbocycles. The summed E-state index contributed by atoms with van der Waals surface area (Å²) in [6, 6.07) is 8.06. The highest BCUT2D eigenvalue weighted by atomic mass is 16.5. The average Bonchev–Trinajstić information content (AvgIpc) is 2.44. The van der Waals surface area contributed by atoms with Gasteiger partial charge in [0.2, 0.25) is 5.91 Å². The average molecular weight is 290 g/mol. The van der Waals surface area contributed by atoms with Gasteiger partial charge in [-0.15, -0.1) is 0 Å². The molecule has 1 aromatic rings. The summed E-state index contributed by atoms with van der Waals surface area (Å²) in [6.45, 7) is 4.50. The summed E-state index contributed by atoms with van der Waals surface area (Å²) in [7, 11) is 1.69. The second kappa shape index (κ2) is 7.57. The largest absolute Gasteiger partial charge is 0.385 e. The lowest BCUT2D eigenvalue weighted by Gasteiger charge is -2.40. The summed E-state index contributed by atoms with van der Waals surface area (Å²) in [6.07, 6.45) is 3.89. The van der Waals surface area contributed by atoms with Crippen LogP contribution in [0.3, 0.4) is 0 Å². The molecule has 1 amide bonds. The molecule has 1 fully saturated rings. The first-order valence-corrected chi connectivity index (χ1v) is 7.80. The first kappa shape index (κ1) is 16.0. The molecule has 4 heteroatoms. The van der Waals surface area contributed by atoms with Crippen molar-refractivity contribution in [3.63, 3.8) is 0 Å². The van der Waals surface area contributed by atoms with Gasteiger partial charge >= 0.3 is 0 Å². The fraction of sp³-hybridized carbons (Fsp3) is 0.588. The number of hydrogen-bond donors (Lipinski definition) is 2. The minimum absolute atomic E-state index is 0.145. The predicted octanol–water partition coefficient (Wildman–Crippen LogP) is 2.94. The Bertz CT molecular complexity index is 470. The zero-order chi connectivity index (χ0) is 15.1. The van der Waals surface area contributed by atoms with Crippen molar-refractivity contribution in [1.29, 1.82) is 0 Å². The maximum absolute atomic E-state index is 12.6. The Morgan fingerprint density at radius 2 is 2.19 bits per heavy atom. The normalized spacial score (nSPS) is 16.3. The van der Waals surface area contributed by atoms with Crippen LogP contribution in [0.1, 0.15) is 38.2 Å². The Hall–Kier alpha value is -1.39. The van der Waals surface area contributed by atoms with Gasteiger partial charge in [0.05, 0.1) is 5.41 Å².